The van der Waals surface area contributed by atoms with Crippen LogP contribution in [-0.2, 0) is 16.0 Å². The van der Waals surface area contributed by atoms with Crippen LogP contribution in [0.2, 0.25) is 0 Å². The van der Waals surface area contributed by atoms with Crippen molar-refractivity contribution >= 4 is 23.2 Å². The van der Waals surface area contributed by atoms with Gasteiger partial charge in [-0.1, -0.05) is 12.1 Å². The van der Waals surface area contributed by atoms with Crippen molar-refractivity contribution in [2.75, 3.05) is 16.8 Å². The maximum absolute atomic E-state index is 12.5. The molecule has 150 valence electrons. The number of rotatable bonds is 4. The minimum absolute atomic E-state index is 0.0931. The van der Waals surface area contributed by atoms with E-state index in [4.69, 9.17) is 9.47 Å². The molecule has 2 fully saturated rings. The molecule has 0 atom stereocenters. The van der Waals surface area contributed by atoms with Crippen LogP contribution in [0.25, 0.3) is 0 Å². The molecule has 1 aliphatic carbocycles. The fourth-order valence-corrected chi connectivity index (χ4v) is 4.39. The van der Waals surface area contributed by atoms with E-state index in [9.17, 15) is 9.59 Å². The van der Waals surface area contributed by atoms with E-state index >= 15 is 0 Å². The zero-order valence-corrected chi connectivity index (χ0v) is 16.3. The molecule has 2 aromatic rings. The summed E-state index contributed by atoms with van der Waals surface area (Å²) < 4.78 is 12.1. The second-order valence-electron chi connectivity index (χ2n) is 8.02. The van der Waals surface area contributed by atoms with Gasteiger partial charge >= 0.3 is 0 Å². The normalized spacial score (nSPS) is 19.2. The first kappa shape index (κ1) is 18.0. The molecule has 2 aromatic carbocycles. The van der Waals surface area contributed by atoms with E-state index in [0.717, 1.165) is 55.6 Å². The highest BCUT2D eigenvalue weighted by Gasteiger charge is 2.44. The van der Waals surface area contributed by atoms with Crippen LogP contribution < -0.4 is 19.7 Å². The molecule has 1 saturated carbocycles. The van der Waals surface area contributed by atoms with Crippen molar-refractivity contribution < 1.29 is 19.1 Å². The van der Waals surface area contributed by atoms with Gasteiger partial charge in [-0.25, -0.2) is 0 Å². The van der Waals surface area contributed by atoms with E-state index in [1.54, 1.807) is 4.90 Å². The van der Waals surface area contributed by atoms with Crippen LogP contribution in [0.4, 0.5) is 11.4 Å². The molecule has 0 unspecified atom stereocenters. The maximum atomic E-state index is 12.5. The molecule has 0 aromatic heterocycles. The summed E-state index contributed by atoms with van der Waals surface area (Å²) in [4.78, 5) is 26.1. The number of benzene rings is 2. The van der Waals surface area contributed by atoms with E-state index < -0.39 is 5.79 Å². The largest absolute Gasteiger partial charge is 0.448 e. The standard InChI is InChI=1S/C23H24N2O4/c26-21(14-16-5-8-18(9-6-16)25-13-3-4-22(25)27)24-17-7-10-19-20(15-17)29-23(28-19)11-1-2-12-23/h5-10,15H,1-4,11-14H2,(H,24,26). The summed E-state index contributed by atoms with van der Waals surface area (Å²) in [5.41, 5.74) is 2.50. The van der Waals surface area contributed by atoms with Gasteiger partial charge in [-0.3, -0.25) is 9.59 Å². The molecule has 1 saturated heterocycles. The Labute approximate surface area is 169 Å². The summed E-state index contributed by atoms with van der Waals surface area (Å²) in [7, 11) is 0. The second kappa shape index (κ2) is 7.10. The molecule has 1 N–H and O–H groups in total. The number of ether oxygens (including phenoxy) is 2. The van der Waals surface area contributed by atoms with Crippen molar-refractivity contribution in [2.45, 2.75) is 50.7 Å². The quantitative estimate of drug-likeness (QED) is 0.853. The third-order valence-corrected chi connectivity index (χ3v) is 5.87. The van der Waals surface area contributed by atoms with Crippen molar-refractivity contribution in [3.63, 3.8) is 0 Å². The Kier molecular flexibility index (Phi) is 4.42. The number of carbonyl (C=O) groups is 2. The van der Waals surface area contributed by atoms with Gasteiger partial charge < -0.3 is 19.7 Å². The van der Waals surface area contributed by atoms with Gasteiger partial charge in [0.05, 0.1) is 6.42 Å². The highest BCUT2D eigenvalue weighted by atomic mass is 16.7. The molecule has 6 heteroatoms. The third-order valence-electron chi connectivity index (χ3n) is 5.87. The number of hydrogen-bond donors (Lipinski definition) is 1. The van der Waals surface area contributed by atoms with E-state index in [1.165, 1.54) is 0 Å². The van der Waals surface area contributed by atoms with Gasteiger partial charge in [-0.05, 0) is 49.1 Å². The minimum Gasteiger partial charge on any atom is -0.448 e. The monoisotopic (exact) mass is 392 g/mol. The summed E-state index contributed by atoms with van der Waals surface area (Å²) in [6, 6.07) is 13.2. The Bertz CT molecular complexity index is 948. The highest BCUT2D eigenvalue weighted by Crippen LogP contribution is 2.47. The van der Waals surface area contributed by atoms with Crippen LogP contribution in [0.5, 0.6) is 11.5 Å². The van der Waals surface area contributed by atoms with Crippen molar-refractivity contribution in [3.8, 4) is 11.5 Å². The molecular weight excluding hydrogens is 368 g/mol. The lowest BCUT2D eigenvalue weighted by molar-refractivity contribution is -0.117. The number of hydrogen-bond acceptors (Lipinski definition) is 4. The highest BCUT2D eigenvalue weighted by molar-refractivity contribution is 5.95. The number of nitrogens with zero attached hydrogens (tertiary/aromatic N) is 1. The number of fused-ring (bicyclic) bond motifs is 1. The molecule has 0 radical (unpaired) electrons. The van der Waals surface area contributed by atoms with E-state index in [0.29, 0.717) is 17.9 Å². The summed E-state index contributed by atoms with van der Waals surface area (Å²) >= 11 is 0. The van der Waals surface area contributed by atoms with Crippen LogP contribution in [0.1, 0.15) is 44.1 Å². The number of amides is 2. The van der Waals surface area contributed by atoms with E-state index in [1.807, 2.05) is 42.5 Å². The third kappa shape index (κ3) is 3.55. The van der Waals surface area contributed by atoms with Crippen LogP contribution in [0, 0.1) is 0 Å². The van der Waals surface area contributed by atoms with Crippen LogP contribution in [-0.4, -0.2) is 24.1 Å². The summed E-state index contributed by atoms with van der Waals surface area (Å²) in [5, 5.41) is 2.94. The van der Waals surface area contributed by atoms with Crippen molar-refractivity contribution in [3.05, 3.63) is 48.0 Å². The van der Waals surface area contributed by atoms with Crippen LogP contribution in [0.3, 0.4) is 0 Å². The predicted molar refractivity (Wildman–Crippen MR) is 109 cm³/mol. The second-order valence-corrected chi connectivity index (χ2v) is 8.02. The van der Waals surface area contributed by atoms with Gasteiger partial charge in [0.25, 0.3) is 5.79 Å². The summed E-state index contributed by atoms with van der Waals surface area (Å²) in [5.74, 6) is 1.02. The lowest BCUT2D eigenvalue weighted by Crippen LogP contribution is -2.34. The molecule has 6 nitrogen and oxygen atoms in total. The van der Waals surface area contributed by atoms with Gasteiger partial charge in [0.2, 0.25) is 11.8 Å². The van der Waals surface area contributed by atoms with Crippen molar-refractivity contribution in [1.82, 2.24) is 0 Å². The summed E-state index contributed by atoms with van der Waals surface area (Å²) in [6.07, 6.45) is 5.82. The van der Waals surface area contributed by atoms with Crippen LogP contribution >= 0.6 is 0 Å². The Balaban J connectivity index is 1.21. The number of carbonyl (C=O) groups excluding carboxylic acids is 2. The average Bonchev–Trinajstić information content (AvgIpc) is 3.42. The first-order chi connectivity index (χ1) is 14.1. The first-order valence-corrected chi connectivity index (χ1v) is 10.3. The van der Waals surface area contributed by atoms with Gasteiger partial charge in [-0.15, -0.1) is 0 Å². The molecular formula is C23H24N2O4. The smallest absolute Gasteiger partial charge is 0.251 e. The zero-order chi connectivity index (χ0) is 19.8. The summed E-state index contributed by atoms with van der Waals surface area (Å²) in [6.45, 7) is 0.768. The first-order valence-electron chi connectivity index (χ1n) is 10.3. The van der Waals surface area contributed by atoms with Gasteiger partial charge in [0.15, 0.2) is 11.5 Å². The molecule has 3 aliphatic rings. The molecule has 29 heavy (non-hydrogen) atoms. The number of anilines is 2. The Morgan fingerprint density at radius 2 is 1.76 bits per heavy atom. The molecule has 1 spiro atoms. The molecule has 2 heterocycles. The lowest BCUT2D eigenvalue weighted by atomic mass is 10.1. The number of nitrogens with one attached hydrogen (secondary N) is 1. The van der Waals surface area contributed by atoms with E-state index in [-0.39, 0.29) is 18.2 Å². The Morgan fingerprint density at radius 1 is 1.00 bits per heavy atom. The Morgan fingerprint density at radius 3 is 2.48 bits per heavy atom. The topological polar surface area (TPSA) is 67.9 Å². The van der Waals surface area contributed by atoms with Crippen molar-refractivity contribution in [2.24, 2.45) is 0 Å². The lowest BCUT2D eigenvalue weighted by Gasteiger charge is -2.21. The fraction of sp³-hybridized carbons (Fsp3) is 0.391. The molecule has 0 bridgehead atoms. The maximum Gasteiger partial charge on any atom is 0.251 e. The van der Waals surface area contributed by atoms with Gasteiger partial charge in [0.1, 0.15) is 0 Å². The minimum atomic E-state index is -0.497. The fourth-order valence-electron chi connectivity index (χ4n) is 4.39. The van der Waals surface area contributed by atoms with Crippen LogP contribution in [0.15, 0.2) is 42.5 Å². The molecule has 2 aliphatic heterocycles. The van der Waals surface area contributed by atoms with Gasteiger partial charge in [-0.2, -0.15) is 0 Å². The SMILES string of the molecule is O=C(Cc1ccc(N2CCCC2=O)cc1)Nc1ccc2c(c1)OC1(CCCC1)O2. The predicted octanol–water partition coefficient (Wildman–Crippen LogP) is 4.04. The molecule has 5 rings (SSSR count). The van der Waals surface area contributed by atoms with Crippen molar-refractivity contribution in [1.29, 1.82) is 0 Å². The Hall–Kier alpha value is -3.02. The van der Waals surface area contributed by atoms with Gasteiger partial charge in [0, 0.05) is 43.2 Å². The average molecular weight is 392 g/mol. The molecule has 2 amide bonds. The van der Waals surface area contributed by atoms with E-state index in [2.05, 4.69) is 5.32 Å². The zero-order valence-electron chi connectivity index (χ0n) is 16.3.